The second kappa shape index (κ2) is 7.47. The van der Waals surface area contributed by atoms with Crippen LogP contribution in [0.4, 0.5) is 0 Å². The van der Waals surface area contributed by atoms with Gasteiger partial charge in [0, 0.05) is 20.6 Å². The van der Waals surface area contributed by atoms with Crippen molar-refractivity contribution in [1.82, 2.24) is 5.32 Å². The van der Waals surface area contributed by atoms with Crippen LogP contribution in [0.5, 0.6) is 0 Å². The van der Waals surface area contributed by atoms with Gasteiger partial charge in [0.1, 0.15) is 0 Å². The Labute approximate surface area is 123 Å². The van der Waals surface area contributed by atoms with Crippen LogP contribution in [0, 0.1) is 3.57 Å². The first-order chi connectivity index (χ1) is 7.06. The topological polar surface area (TPSA) is 55.1 Å². The summed E-state index contributed by atoms with van der Waals surface area (Å²) in [6.45, 7) is 2.32. The molecule has 90 valence electrons. The number of hydrogen-bond donors (Lipinski definition) is 2. The first kappa shape index (κ1) is 16.1. The van der Waals surface area contributed by atoms with Crippen molar-refractivity contribution in [3.8, 4) is 0 Å². The van der Waals surface area contributed by atoms with E-state index in [4.69, 9.17) is 5.73 Å². The quantitative estimate of drug-likeness (QED) is 0.740. The van der Waals surface area contributed by atoms with E-state index in [0.717, 1.165) is 8.04 Å². The highest BCUT2D eigenvalue weighted by molar-refractivity contribution is 14.1. The van der Waals surface area contributed by atoms with Crippen LogP contribution < -0.4 is 11.1 Å². The van der Waals surface area contributed by atoms with Gasteiger partial charge < -0.3 is 11.1 Å². The molecule has 3 N–H and O–H groups in total. The molecule has 1 amide bonds. The second-order valence-electron chi connectivity index (χ2n) is 3.21. The highest BCUT2D eigenvalue weighted by atomic mass is 127. The number of benzene rings is 1. The Balaban J connectivity index is 0.00000225. The summed E-state index contributed by atoms with van der Waals surface area (Å²) in [5.74, 6) is -0.0846. The van der Waals surface area contributed by atoms with Crippen LogP contribution in [0.15, 0.2) is 22.7 Å². The smallest absolute Gasteiger partial charge is 0.252 e. The van der Waals surface area contributed by atoms with Gasteiger partial charge in [0.2, 0.25) is 0 Å². The molecule has 0 saturated heterocycles. The van der Waals surface area contributed by atoms with Crippen LogP contribution in [-0.2, 0) is 0 Å². The Kier molecular flexibility index (Phi) is 7.54. The van der Waals surface area contributed by atoms with Gasteiger partial charge in [-0.25, -0.2) is 0 Å². The van der Waals surface area contributed by atoms with Crippen molar-refractivity contribution in [1.29, 1.82) is 0 Å². The van der Waals surface area contributed by atoms with Crippen LogP contribution in [0.1, 0.15) is 17.3 Å². The van der Waals surface area contributed by atoms with Gasteiger partial charge in [-0.2, -0.15) is 0 Å². The summed E-state index contributed by atoms with van der Waals surface area (Å²) in [4.78, 5) is 11.8. The fourth-order valence-corrected chi connectivity index (χ4v) is 2.01. The lowest BCUT2D eigenvalue weighted by Crippen LogP contribution is -2.38. The highest BCUT2D eigenvalue weighted by Gasteiger charge is 2.13. The molecule has 0 aliphatic heterocycles. The lowest BCUT2D eigenvalue weighted by molar-refractivity contribution is 0.0940. The maximum absolute atomic E-state index is 11.8. The molecular formula is C10H13BrClIN2O. The highest BCUT2D eigenvalue weighted by Crippen LogP contribution is 2.22. The Bertz CT molecular complexity index is 376. The molecule has 1 rings (SSSR count). The van der Waals surface area contributed by atoms with Crippen LogP contribution in [0.3, 0.4) is 0 Å². The van der Waals surface area contributed by atoms with Gasteiger partial charge in [-0.3, -0.25) is 4.79 Å². The largest absolute Gasteiger partial charge is 0.348 e. The predicted octanol–water partition coefficient (Wildman–Crippen LogP) is 2.55. The Morgan fingerprint density at radius 2 is 2.25 bits per heavy atom. The van der Waals surface area contributed by atoms with E-state index in [9.17, 15) is 4.79 Å². The van der Waals surface area contributed by atoms with E-state index >= 15 is 0 Å². The predicted molar refractivity (Wildman–Crippen MR) is 80.1 cm³/mol. The summed E-state index contributed by atoms with van der Waals surface area (Å²) in [7, 11) is 0. The third-order valence-electron chi connectivity index (χ3n) is 1.93. The number of hydrogen-bond acceptors (Lipinski definition) is 2. The third kappa shape index (κ3) is 4.20. The van der Waals surface area contributed by atoms with Gasteiger partial charge in [-0.1, -0.05) is 6.07 Å². The van der Waals surface area contributed by atoms with E-state index in [2.05, 4.69) is 43.8 Å². The molecule has 0 radical (unpaired) electrons. The summed E-state index contributed by atoms with van der Waals surface area (Å²) in [6.07, 6.45) is 0. The molecule has 0 aliphatic rings. The molecule has 0 heterocycles. The normalized spacial score (nSPS) is 11.5. The minimum Gasteiger partial charge on any atom is -0.348 e. The first-order valence-electron chi connectivity index (χ1n) is 4.51. The number of rotatable bonds is 3. The first-order valence-corrected chi connectivity index (χ1v) is 6.38. The monoisotopic (exact) mass is 418 g/mol. The fourth-order valence-electron chi connectivity index (χ4n) is 1.04. The molecule has 0 saturated carbocycles. The maximum atomic E-state index is 11.8. The van der Waals surface area contributed by atoms with Gasteiger partial charge in [0.05, 0.1) is 5.56 Å². The van der Waals surface area contributed by atoms with Gasteiger partial charge in [-0.15, -0.1) is 12.4 Å². The zero-order chi connectivity index (χ0) is 11.4. The van der Waals surface area contributed by atoms with Crippen LogP contribution in [-0.4, -0.2) is 18.5 Å². The third-order valence-corrected chi connectivity index (χ3v) is 4.49. The Morgan fingerprint density at radius 1 is 1.62 bits per heavy atom. The summed E-state index contributed by atoms with van der Waals surface area (Å²) in [6, 6.07) is 5.54. The Morgan fingerprint density at radius 3 is 2.81 bits per heavy atom. The van der Waals surface area contributed by atoms with Gasteiger partial charge >= 0.3 is 0 Å². The zero-order valence-corrected chi connectivity index (χ0v) is 13.2. The number of nitrogens with one attached hydrogen (secondary N) is 1. The molecule has 1 atom stereocenters. The SMILES string of the molecule is C[C@H](CN)NC(=O)c1cccc(Br)c1I.Cl. The maximum Gasteiger partial charge on any atom is 0.252 e. The number of halogens is 3. The van der Waals surface area contributed by atoms with E-state index in [-0.39, 0.29) is 24.4 Å². The van der Waals surface area contributed by atoms with Crippen molar-refractivity contribution in [3.05, 3.63) is 31.8 Å². The minimum atomic E-state index is -0.0846. The molecule has 3 nitrogen and oxygen atoms in total. The molecule has 1 aromatic rings. The molecule has 0 unspecified atom stereocenters. The van der Waals surface area contributed by atoms with Crippen molar-refractivity contribution < 1.29 is 4.79 Å². The molecule has 0 fully saturated rings. The standard InChI is InChI=1S/C10H12BrIN2O.ClH/c1-6(5-13)14-10(15)7-3-2-4-8(11)9(7)12;/h2-4,6H,5,13H2,1H3,(H,14,15);1H/t6-;/m1./s1. The second-order valence-corrected chi connectivity index (χ2v) is 5.14. The molecule has 1 aromatic carbocycles. The van der Waals surface area contributed by atoms with Crippen molar-refractivity contribution in [2.75, 3.05) is 6.54 Å². The Hall–Kier alpha value is 0.150. The molecule has 6 heteroatoms. The fraction of sp³-hybridized carbons (Fsp3) is 0.300. The number of carbonyl (C=O) groups is 1. The molecule has 0 spiro atoms. The van der Waals surface area contributed by atoms with Crippen LogP contribution in [0.25, 0.3) is 0 Å². The van der Waals surface area contributed by atoms with Crippen molar-refractivity contribution in [2.45, 2.75) is 13.0 Å². The van der Waals surface area contributed by atoms with Gasteiger partial charge in [0.15, 0.2) is 0 Å². The van der Waals surface area contributed by atoms with Gasteiger partial charge in [-0.05, 0) is 57.6 Å². The number of nitrogens with two attached hydrogens (primary N) is 1. The molecular weight excluding hydrogens is 406 g/mol. The van der Waals surface area contributed by atoms with Crippen molar-refractivity contribution in [3.63, 3.8) is 0 Å². The van der Waals surface area contributed by atoms with Gasteiger partial charge in [0.25, 0.3) is 5.91 Å². The zero-order valence-electron chi connectivity index (χ0n) is 8.67. The lowest BCUT2D eigenvalue weighted by atomic mass is 10.2. The van der Waals surface area contributed by atoms with E-state index in [0.29, 0.717) is 12.1 Å². The number of amides is 1. The number of carbonyl (C=O) groups excluding carboxylic acids is 1. The lowest BCUT2D eigenvalue weighted by Gasteiger charge is -2.12. The van der Waals surface area contributed by atoms with Crippen LogP contribution in [0.2, 0.25) is 0 Å². The van der Waals surface area contributed by atoms with Crippen LogP contribution >= 0.6 is 50.9 Å². The van der Waals surface area contributed by atoms with E-state index < -0.39 is 0 Å². The summed E-state index contributed by atoms with van der Waals surface area (Å²) < 4.78 is 1.84. The van der Waals surface area contributed by atoms with E-state index in [1.54, 1.807) is 6.07 Å². The average Bonchev–Trinajstić information content (AvgIpc) is 2.21. The summed E-state index contributed by atoms with van der Waals surface area (Å²) >= 11 is 5.53. The van der Waals surface area contributed by atoms with E-state index in [1.807, 2.05) is 19.1 Å². The summed E-state index contributed by atoms with van der Waals surface area (Å²) in [5.41, 5.74) is 6.11. The van der Waals surface area contributed by atoms with E-state index in [1.165, 1.54) is 0 Å². The average molecular weight is 419 g/mol. The minimum absolute atomic E-state index is 0. The molecule has 0 aromatic heterocycles. The molecule has 0 bridgehead atoms. The molecule has 0 aliphatic carbocycles. The summed E-state index contributed by atoms with van der Waals surface area (Å²) in [5, 5.41) is 2.82. The van der Waals surface area contributed by atoms with Crippen molar-refractivity contribution >= 4 is 56.8 Å². The molecule has 16 heavy (non-hydrogen) atoms. The van der Waals surface area contributed by atoms with Crippen molar-refractivity contribution in [2.24, 2.45) is 5.73 Å².